The Balaban J connectivity index is 1.41. The molecule has 2 aliphatic rings. The number of piperidine rings is 1. The smallest absolute Gasteiger partial charge is 0.407 e. The van der Waals surface area contributed by atoms with E-state index in [1.54, 1.807) is 0 Å². The lowest BCUT2D eigenvalue weighted by atomic mass is 9.98. The molecular formula is C26H29N3O6. The van der Waals surface area contributed by atoms with Crippen molar-refractivity contribution < 1.29 is 29.0 Å². The van der Waals surface area contributed by atoms with Crippen LogP contribution in [0.1, 0.15) is 43.2 Å². The molecule has 2 unspecified atom stereocenters. The average molecular weight is 480 g/mol. The van der Waals surface area contributed by atoms with Gasteiger partial charge in [-0.05, 0) is 35.1 Å². The van der Waals surface area contributed by atoms with Gasteiger partial charge < -0.3 is 25.4 Å². The second kappa shape index (κ2) is 10.6. The van der Waals surface area contributed by atoms with Gasteiger partial charge >= 0.3 is 12.1 Å². The van der Waals surface area contributed by atoms with E-state index in [4.69, 9.17) is 4.74 Å². The number of carboxylic acids is 1. The molecule has 184 valence electrons. The normalized spacial score (nSPS) is 17.6. The lowest BCUT2D eigenvalue weighted by molar-refractivity contribution is -0.143. The number of ether oxygens (including phenoxy) is 1. The van der Waals surface area contributed by atoms with Crippen molar-refractivity contribution in [3.05, 3.63) is 59.7 Å². The molecule has 1 heterocycles. The third kappa shape index (κ3) is 5.62. The van der Waals surface area contributed by atoms with Crippen LogP contribution >= 0.6 is 0 Å². The van der Waals surface area contributed by atoms with E-state index in [-0.39, 0.29) is 31.0 Å². The van der Waals surface area contributed by atoms with Crippen molar-refractivity contribution in [2.75, 3.05) is 19.7 Å². The van der Waals surface area contributed by atoms with E-state index in [2.05, 4.69) is 10.6 Å². The van der Waals surface area contributed by atoms with Gasteiger partial charge in [0, 0.05) is 32.0 Å². The average Bonchev–Trinajstić information content (AvgIpc) is 3.15. The Morgan fingerprint density at radius 1 is 1.06 bits per heavy atom. The van der Waals surface area contributed by atoms with Gasteiger partial charge in [-0.15, -0.1) is 0 Å². The summed E-state index contributed by atoms with van der Waals surface area (Å²) in [6, 6.07) is 14.4. The lowest BCUT2D eigenvalue weighted by Gasteiger charge is -2.35. The van der Waals surface area contributed by atoms with Gasteiger partial charge in [0.15, 0.2) is 0 Å². The minimum absolute atomic E-state index is 0.0577. The van der Waals surface area contributed by atoms with Crippen molar-refractivity contribution in [1.29, 1.82) is 0 Å². The van der Waals surface area contributed by atoms with Crippen LogP contribution in [0.25, 0.3) is 11.1 Å². The molecule has 4 rings (SSSR count). The van der Waals surface area contributed by atoms with Crippen LogP contribution in [0.4, 0.5) is 4.79 Å². The third-order valence-electron chi connectivity index (χ3n) is 6.45. The Morgan fingerprint density at radius 3 is 2.29 bits per heavy atom. The molecule has 1 saturated heterocycles. The number of carbonyl (C=O) groups is 4. The molecule has 35 heavy (non-hydrogen) atoms. The zero-order valence-corrected chi connectivity index (χ0v) is 19.5. The maximum Gasteiger partial charge on any atom is 0.407 e. The number of carboxylic acid groups (broad SMARTS) is 1. The number of nitrogens with one attached hydrogen (secondary N) is 2. The number of alkyl carbamates (subject to hydrolysis) is 1. The summed E-state index contributed by atoms with van der Waals surface area (Å²) in [5.41, 5.74) is 4.29. The zero-order chi connectivity index (χ0) is 24.9. The van der Waals surface area contributed by atoms with Crippen molar-refractivity contribution in [2.24, 2.45) is 0 Å². The first-order chi connectivity index (χ1) is 16.8. The number of amides is 3. The highest BCUT2D eigenvalue weighted by atomic mass is 16.5. The van der Waals surface area contributed by atoms with Gasteiger partial charge in [-0.25, -0.2) is 4.79 Å². The molecule has 0 bridgehead atoms. The summed E-state index contributed by atoms with van der Waals surface area (Å²) in [5.74, 6) is -2.06. The van der Waals surface area contributed by atoms with Crippen LogP contribution in [0.15, 0.2) is 48.5 Å². The number of likely N-dealkylation sites (tertiary alicyclic amines) is 1. The van der Waals surface area contributed by atoms with E-state index in [1.807, 2.05) is 48.5 Å². The van der Waals surface area contributed by atoms with E-state index >= 15 is 0 Å². The molecule has 2 aromatic carbocycles. The summed E-state index contributed by atoms with van der Waals surface area (Å²) in [5, 5.41) is 14.6. The molecule has 1 fully saturated rings. The fraction of sp³-hybridized carbons (Fsp3) is 0.385. The van der Waals surface area contributed by atoms with Crippen LogP contribution in [0.5, 0.6) is 0 Å². The van der Waals surface area contributed by atoms with Crippen LogP contribution in [0.3, 0.4) is 0 Å². The number of aliphatic carboxylic acids is 1. The number of carbonyl (C=O) groups excluding carboxylic acids is 3. The molecule has 2 aromatic rings. The van der Waals surface area contributed by atoms with E-state index in [1.165, 1.54) is 11.8 Å². The van der Waals surface area contributed by atoms with E-state index in [9.17, 15) is 24.3 Å². The van der Waals surface area contributed by atoms with Gasteiger partial charge in [-0.2, -0.15) is 0 Å². The summed E-state index contributed by atoms with van der Waals surface area (Å²) in [6.45, 7) is 2.16. The van der Waals surface area contributed by atoms with Crippen molar-refractivity contribution >= 4 is 23.9 Å². The standard InChI is InChI=1S/C26H29N3O6/c1-16(30)27-17-7-6-12-29(14-17)25(33)23(13-24(31)32)28-26(34)35-15-22-20-10-4-2-8-18(20)19-9-3-5-11-21(19)22/h2-5,8-11,17,22-23H,6-7,12-15H2,1H3,(H,27,30)(H,28,34)(H,31,32). The summed E-state index contributed by atoms with van der Waals surface area (Å²) in [4.78, 5) is 50.0. The topological polar surface area (TPSA) is 125 Å². The Morgan fingerprint density at radius 2 is 1.69 bits per heavy atom. The molecule has 3 N–H and O–H groups in total. The highest BCUT2D eigenvalue weighted by molar-refractivity contribution is 5.89. The maximum absolute atomic E-state index is 13.1. The van der Waals surface area contributed by atoms with Crippen molar-refractivity contribution in [3.8, 4) is 11.1 Å². The highest BCUT2D eigenvalue weighted by Crippen LogP contribution is 2.44. The van der Waals surface area contributed by atoms with Crippen LogP contribution in [0, 0.1) is 0 Å². The molecule has 0 aromatic heterocycles. The van der Waals surface area contributed by atoms with Crippen molar-refractivity contribution in [2.45, 2.75) is 44.2 Å². The van der Waals surface area contributed by atoms with Crippen LogP contribution < -0.4 is 10.6 Å². The number of rotatable bonds is 7. The predicted octanol–water partition coefficient (Wildman–Crippen LogP) is 2.50. The predicted molar refractivity (Wildman–Crippen MR) is 128 cm³/mol. The number of hydrogen-bond acceptors (Lipinski definition) is 5. The first-order valence-electron chi connectivity index (χ1n) is 11.7. The second-order valence-electron chi connectivity index (χ2n) is 8.94. The maximum atomic E-state index is 13.1. The zero-order valence-electron chi connectivity index (χ0n) is 19.5. The van der Waals surface area contributed by atoms with Gasteiger partial charge in [-0.3, -0.25) is 14.4 Å². The monoisotopic (exact) mass is 479 g/mol. The Hall–Kier alpha value is -3.88. The molecule has 0 saturated carbocycles. The molecule has 0 spiro atoms. The van der Waals surface area contributed by atoms with Crippen molar-refractivity contribution in [1.82, 2.24) is 15.5 Å². The fourth-order valence-corrected chi connectivity index (χ4v) is 4.96. The summed E-state index contributed by atoms with van der Waals surface area (Å²) < 4.78 is 5.49. The SMILES string of the molecule is CC(=O)NC1CCCN(C(=O)C(CC(=O)O)NC(=O)OCC2c3ccccc3-c3ccccc32)C1. The minimum Gasteiger partial charge on any atom is -0.481 e. The molecule has 0 radical (unpaired) electrons. The summed E-state index contributed by atoms with van der Waals surface area (Å²) >= 11 is 0. The van der Waals surface area contributed by atoms with Gasteiger partial charge in [0.05, 0.1) is 6.42 Å². The molecule has 9 nitrogen and oxygen atoms in total. The highest BCUT2D eigenvalue weighted by Gasteiger charge is 2.33. The van der Waals surface area contributed by atoms with Crippen molar-refractivity contribution in [3.63, 3.8) is 0 Å². The van der Waals surface area contributed by atoms with E-state index in [0.717, 1.165) is 28.7 Å². The lowest BCUT2D eigenvalue weighted by Crippen LogP contribution is -2.55. The Labute approximate surface area is 203 Å². The van der Waals surface area contributed by atoms with Gasteiger partial charge in [0.25, 0.3) is 0 Å². The van der Waals surface area contributed by atoms with Gasteiger partial charge in [-0.1, -0.05) is 48.5 Å². The number of fused-ring (bicyclic) bond motifs is 3. The second-order valence-corrected chi connectivity index (χ2v) is 8.94. The van der Waals surface area contributed by atoms with Gasteiger partial charge in [0.1, 0.15) is 12.6 Å². The van der Waals surface area contributed by atoms with Crippen LogP contribution in [-0.2, 0) is 19.1 Å². The summed E-state index contributed by atoms with van der Waals surface area (Å²) in [6.07, 6.45) is -0.0136. The van der Waals surface area contributed by atoms with Crippen LogP contribution in [0.2, 0.25) is 0 Å². The molecule has 3 amide bonds. The Kier molecular flexibility index (Phi) is 7.33. The fourth-order valence-electron chi connectivity index (χ4n) is 4.96. The molecule has 1 aliphatic heterocycles. The first-order valence-corrected chi connectivity index (χ1v) is 11.7. The molecule has 9 heteroatoms. The van der Waals surface area contributed by atoms with Gasteiger partial charge in [0.2, 0.25) is 11.8 Å². The Bertz CT molecular complexity index is 1090. The number of nitrogens with zero attached hydrogens (tertiary/aromatic N) is 1. The molecule has 2 atom stereocenters. The summed E-state index contributed by atoms with van der Waals surface area (Å²) in [7, 11) is 0. The minimum atomic E-state index is -1.26. The molecule has 1 aliphatic carbocycles. The first kappa shape index (κ1) is 24.3. The number of benzene rings is 2. The molecular weight excluding hydrogens is 450 g/mol. The van der Waals surface area contributed by atoms with E-state index < -0.39 is 30.4 Å². The quantitative estimate of drug-likeness (QED) is 0.560. The van der Waals surface area contributed by atoms with E-state index in [0.29, 0.717) is 13.0 Å². The number of hydrogen-bond donors (Lipinski definition) is 3. The largest absolute Gasteiger partial charge is 0.481 e. The third-order valence-corrected chi connectivity index (χ3v) is 6.45. The van der Waals surface area contributed by atoms with Crippen LogP contribution in [-0.4, -0.2) is 65.7 Å².